The molecule has 26 heavy (non-hydrogen) atoms. The lowest BCUT2D eigenvalue weighted by Gasteiger charge is -2.26. The van der Waals surface area contributed by atoms with Crippen LogP contribution in [0.25, 0.3) is 0 Å². The molecule has 1 aromatic heterocycles. The van der Waals surface area contributed by atoms with Crippen molar-refractivity contribution in [1.82, 2.24) is 4.57 Å². The molecular weight excluding hydrogens is 354 g/mol. The first-order chi connectivity index (χ1) is 12.4. The molecule has 0 N–H and O–H groups in total. The summed E-state index contributed by atoms with van der Waals surface area (Å²) in [6.45, 7) is 4.25. The summed E-state index contributed by atoms with van der Waals surface area (Å²) in [7, 11) is 4.00. The highest BCUT2D eigenvalue weighted by atomic mass is 31.0. The van der Waals surface area contributed by atoms with E-state index in [0.29, 0.717) is 28.8 Å². The van der Waals surface area contributed by atoms with Gasteiger partial charge in [-0.1, -0.05) is 0 Å². The van der Waals surface area contributed by atoms with Crippen molar-refractivity contribution in [2.45, 2.75) is 38.8 Å². The first kappa shape index (κ1) is 18.6. The molecule has 0 bridgehead atoms. The number of carbonyl (C=O) groups is 1. The molecule has 1 unspecified atom stereocenters. The molecular formula is C19H22FN2O3P. The maximum absolute atomic E-state index is 14.7. The van der Waals surface area contributed by atoms with Crippen molar-refractivity contribution in [2.24, 2.45) is 0 Å². The van der Waals surface area contributed by atoms with Gasteiger partial charge in [0.1, 0.15) is 17.3 Å². The molecule has 0 saturated carbocycles. The summed E-state index contributed by atoms with van der Waals surface area (Å²) < 4.78 is 21.3. The average molecular weight is 376 g/mol. The molecule has 138 valence electrons. The van der Waals surface area contributed by atoms with Gasteiger partial charge >= 0.3 is 0 Å². The Hall–Kier alpha value is -2.20. The number of hydrogen-bond acceptors (Lipinski definition) is 3. The Morgan fingerprint density at radius 2 is 2.08 bits per heavy atom. The SMILES string of the molecule is CCn1cccc(N2C(=O)C[C@H](c3c(F)cc(OC)cc3P)[C@@H]2C)c1=O. The summed E-state index contributed by atoms with van der Waals surface area (Å²) in [5.41, 5.74) is 0.608. The van der Waals surface area contributed by atoms with Crippen molar-refractivity contribution in [3.63, 3.8) is 0 Å². The van der Waals surface area contributed by atoms with E-state index in [9.17, 15) is 14.0 Å². The summed E-state index contributed by atoms with van der Waals surface area (Å²) in [6, 6.07) is 6.13. The van der Waals surface area contributed by atoms with Gasteiger partial charge in [-0.3, -0.25) is 9.59 Å². The number of anilines is 1. The number of carbonyl (C=O) groups excluding carboxylic acids is 1. The lowest BCUT2D eigenvalue weighted by atomic mass is 9.91. The van der Waals surface area contributed by atoms with E-state index in [-0.39, 0.29) is 29.8 Å². The second kappa shape index (κ2) is 7.20. The zero-order valence-corrected chi connectivity index (χ0v) is 16.2. The number of nitrogens with zero attached hydrogens (tertiary/aromatic N) is 2. The molecule has 1 fully saturated rings. The Balaban J connectivity index is 2.03. The van der Waals surface area contributed by atoms with Gasteiger partial charge in [0.15, 0.2) is 0 Å². The number of rotatable bonds is 4. The molecule has 1 aromatic carbocycles. The highest BCUT2D eigenvalue weighted by Crippen LogP contribution is 2.38. The van der Waals surface area contributed by atoms with Gasteiger partial charge in [-0.25, -0.2) is 4.39 Å². The van der Waals surface area contributed by atoms with Crippen LogP contribution < -0.4 is 20.5 Å². The fourth-order valence-corrected chi connectivity index (χ4v) is 4.16. The van der Waals surface area contributed by atoms with Crippen LogP contribution in [0.4, 0.5) is 10.1 Å². The molecule has 1 aliphatic heterocycles. The van der Waals surface area contributed by atoms with E-state index in [1.165, 1.54) is 18.1 Å². The summed E-state index contributed by atoms with van der Waals surface area (Å²) in [5.74, 6) is -0.484. The minimum atomic E-state index is -0.403. The van der Waals surface area contributed by atoms with Crippen LogP contribution in [-0.4, -0.2) is 23.6 Å². The predicted molar refractivity (Wildman–Crippen MR) is 103 cm³/mol. The van der Waals surface area contributed by atoms with Crippen LogP contribution in [-0.2, 0) is 11.3 Å². The van der Waals surface area contributed by atoms with E-state index in [2.05, 4.69) is 9.24 Å². The second-order valence-corrected chi connectivity index (χ2v) is 7.03. The van der Waals surface area contributed by atoms with Crippen LogP contribution in [0, 0.1) is 5.82 Å². The van der Waals surface area contributed by atoms with Crippen molar-refractivity contribution in [3.05, 3.63) is 52.2 Å². The summed E-state index contributed by atoms with van der Waals surface area (Å²) in [6.07, 6.45) is 1.85. The smallest absolute Gasteiger partial charge is 0.274 e. The molecule has 1 aliphatic rings. The van der Waals surface area contributed by atoms with E-state index >= 15 is 0 Å². The van der Waals surface area contributed by atoms with Crippen LogP contribution in [0.3, 0.4) is 0 Å². The van der Waals surface area contributed by atoms with E-state index in [1.807, 2.05) is 13.8 Å². The molecule has 1 amide bonds. The number of pyridine rings is 1. The van der Waals surface area contributed by atoms with Crippen molar-refractivity contribution in [3.8, 4) is 5.75 Å². The van der Waals surface area contributed by atoms with Gasteiger partial charge < -0.3 is 14.2 Å². The van der Waals surface area contributed by atoms with Crippen molar-refractivity contribution in [2.75, 3.05) is 12.0 Å². The predicted octanol–water partition coefficient (Wildman–Crippen LogP) is 2.43. The monoisotopic (exact) mass is 376 g/mol. The lowest BCUT2D eigenvalue weighted by Crippen LogP contribution is -2.38. The topological polar surface area (TPSA) is 51.5 Å². The standard InChI is InChI=1S/C19H22FN2O3P/c1-4-21-7-5-6-15(19(21)24)22-11(2)13(10-17(22)23)18-14(20)8-12(25-3)9-16(18)26/h5-9,11,13H,4,10,26H2,1-3H3/t11-,13-/m0/s1. The fraction of sp³-hybridized carbons (Fsp3) is 0.368. The Bertz CT molecular complexity index is 889. The molecule has 0 spiro atoms. The molecule has 0 aliphatic carbocycles. The second-order valence-electron chi connectivity index (χ2n) is 6.41. The lowest BCUT2D eigenvalue weighted by molar-refractivity contribution is -0.117. The fourth-order valence-electron chi connectivity index (χ4n) is 3.64. The maximum Gasteiger partial charge on any atom is 0.274 e. The summed E-state index contributed by atoms with van der Waals surface area (Å²) >= 11 is 0. The van der Waals surface area contributed by atoms with Gasteiger partial charge in [-0.15, -0.1) is 9.24 Å². The minimum absolute atomic E-state index is 0.159. The average Bonchev–Trinajstić information content (AvgIpc) is 2.89. The third-order valence-corrected chi connectivity index (χ3v) is 5.47. The van der Waals surface area contributed by atoms with Gasteiger partial charge in [0.2, 0.25) is 5.91 Å². The maximum atomic E-state index is 14.7. The molecule has 3 rings (SSSR count). The largest absolute Gasteiger partial charge is 0.497 e. The number of halogens is 1. The Morgan fingerprint density at radius 3 is 2.69 bits per heavy atom. The van der Waals surface area contributed by atoms with Gasteiger partial charge in [-0.2, -0.15) is 0 Å². The number of aryl methyl sites for hydroxylation is 1. The van der Waals surface area contributed by atoms with E-state index in [4.69, 9.17) is 4.74 Å². The van der Waals surface area contributed by atoms with E-state index in [0.717, 1.165) is 0 Å². The van der Waals surface area contributed by atoms with Crippen LogP contribution in [0.15, 0.2) is 35.3 Å². The number of amides is 1. The molecule has 2 aromatic rings. The quantitative estimate of drug-likeness (QED) is 0.771. The minimum Gasteiger partial charge on any atom is -0.497 e. The molecule has 5 nitrogen and oxygen atoms in total. The number of benzene rings is 1. The van der Waals surface area contributed by atoms with E-state index < -0.39 is 5.82 Å². The third-order valence-electron chi connectivity index (χ3n) is 4.99. The first-order valence-corrected chi connectivity index (χ1v) is 9.11. The van der Waals surface area contributed by atoms with Gasteiger partial charge in [0, 0.05) is 42.8 Å². The Morgan fingerprint density at radius 1 is 1.35 bits per heavy atom. The number of aromatic nitrogens is 1. The first-order valence-electron chi connectivity index (χ1n) is 8.53. The molecule has 0 radical (unpaired) electrons. The summed E-state index contributed by atoms with van der Waals surface area (Å²) in [4.78, 5) is 26.8. The van der Waals surface area contributed by atoms with Crippen LogP contribution in [0.2, 0.25) is 0 Å². The van der Waals surface area contributed by atoms with Gasteiger partial charge in [0.25, 0.3) is 5.56 Å². The molecule has 1 saturated heterocycles. The van der Waals surface area contributed by atoms with Crippen LogP contribution in [0.1, 0.15) is 31.7 Å². The number of ether oxygens (including phenoxy) is 1. The van der Waals surface area contributed by atoms with Crippen molar-refractivity contribution in [1.29, 1.82) is 0 Å². The van der Waals surface area contributed by atoms with Crippen LogP contribution in [0.5, 0.6) is 5.75 Å². The normalized spacial score (nSPS) is 19.9. The summed E-state index contributed by atoms with van der Waals surface area (Å²) in [5, 5.41) is 0.660. The van der Waals surface area contributed by atoms with Gasteiger partial charge in [-0.05, 0) is 37.4 Å². The van der Waals surface area contributed by atoms with Crippen molar-refractivity contribution < 1.29 is 13.9 Å². The molecule has 7 heteroatoms. The Kier molecular flexibility index (Phi) is 5.15. The highest BCUT2D eigenvalue weighted by molar-refractivity contribution is 7.27. The zero-order chi connectivity index (χ0) is 19.0. The zero-order valence-electron chi connectivity index (χ0n) is 15.0. The van der Waals surface area contributed by atoms with Crippen LogP contribution >= 0.6 is 9.24 Å². The highest BCUT2D eigenvalue weighted by Gasteiger charge is 2.41. The third kappa shape index (κ3) is 3.03. The van der Waals surface area contributed by atoms with Crippen molar-refractivity contribution >= 4 is 26.1 Å². The molecule has 3 atom stereocenters. The Labute approximate surface area is 154 Å². The number of hydrogen-bond donors (Lipinski definition) is 0. The molecule has 2 heterocycles. The van der Waals surface area contributed by atoms with Gasteiger partial charge in [0.05, 0.1) is 7.11 Å². The number of methoxy groups -OCH3 is 1. The van der Waals surface area contributed by atoms with E-state index in [1.54, 1.807) is 29.0 Å².